The standard InChI is InChI=1S/C15H26N2O/c1-11(2)17(5)9-8-16-13(4)14-10-12(3)6-7-15(14)18/h6-7,10-11,13,16,18H,8-9H2,1-5H3. The van der Waals surface area contributed by atoms with Crippen LogP contribution in [-0.2, 0) is 0 Å². The van der Waals surface area contributed by atoms with Crippen molar-refractivity contribution in [3.8, 4) is 5.75 Å². The Morgan fingerprint density at radius 1 is 1.28 bits per heavy atom. The minimum atomic E-state index is 0.172. The van der Waals surface area contributed by atoms with Gasteiger partial charge in [-0.25, -0.2) is 0 Å². The van der Waals surface area contributed by atoms with Crippen molar-refractivity contribution in [2.24, 2.45) is 0 Å². The molecular weight excluding hydrogens is 224 g/mol. The number of nitrogens with zero attached hydrogens (tertiary/aromatic N) is 1. The largest absolute Gasteiger partial charge is 0.508 e. The van der Waals surface area contributed by atoms with Crippen LogP contribution in [0.1, 0.15) is 37.9 Å². The van der Waals surface area contributed by atoms with Gasteiger partial charge in [-0.05, 0) is 40.8 Å². The second kappa shape index (κ2) is 6.76. The Bertz CT molecular complexity index is 377. The molecule has 3 heteroatoms. The molecule has 0 amide bonds. The Kier molecular flexibility index (Phi) is 5.63. The summed E-state index contributed by atoms with van der Waals surface area (Å²) in [7, 11) is 2.13. The first-order valence-corrected chi connectivity index (χ1v) is 6.65. The summed E-state index contributed by atoms with van der Waals surface area (Å²) in [6, 6.07) is 6.47. The zero-order chi connectivity index (χ0) is 13.7. The smallest absolute Gasteiger partial charge is 0.120 e. The second-order valence-corrected chi connectivity index (χ2v) is 5.31. The number of phenols is 1. The summed E-state index contributed by atoms with van der Waals surface area (Å²) in [5.41, 5.74) is 2.15. The average Bonchev–Trinajstić information content (AvgIpc) is 2.31. The Morgan fingerprint density at radius 2 is 1.94 bits per heavy atom. The minimum Gasteiger partial charge on any atom is -0.508 e. The molecule has 1 aromatic carbocycles. The number of aryl methyl sites for hydroxylation is 1. The number of benzene rings is 1. The van der Waals surface area contributed by atoms with Gasteiger partial charge in [0, 0.05) is 30.7 Å². The van der Waals surface area contributed by atoms with Crippen LogP contribution in [0, 0.1) is 6.92 Å². The lowest BCUT2D eigenvalue weighted by Crippen LogP contribution is -2.34. The third-order valence-electron chi connectivity index (χ3n) is 3.45. The molecule has 0 saturated heterocycles. The molecular formula is C15H26N2O. The molecule has 0 radical (unpaired) electrons. The summed E-state index contributed by atoms with van der Waals surface area (Å²) in [4.78, 5) is 2.30. The van der Waals surface area contributed by atoms with Gasteiger partial charge in [-0.15, -0.1) is 0 Å². The molecule has 0 aliphatic carbocycles. The van der Waals surface area contributed by atoms with E-state index in [4.69, 9.17) is 0 Å². The molecule has 0 aliphatic rings. The van der Waals surface area contributed by atoms with Gasteiger partial charge in [0.2, 0.25) is 0 Å². The molecule has 0 aliphatic heterocycles. The first-order valence-electron chi connectivity index (χ1n) is 6.65. The normalized spacial score (nSPS) is 13.3. The van der Waals surface area contributed by atoms with Crippen molar-refractivity contribution in [1.29, 1.82) is 0 Å². The predicted octanol–water partition coefficient (Wildman–Crippen LogP) is 2.69. The van der Waals surface area contributed by atoms with E-state index in [1.54, 1.807) is 6.07 Å². The molecule has 0 bridgehead atoms. The third-order valence-corrected chi connectivity index (χ3v) is 3.45. The fraction of sp³-hybridized carbons (Fsp3) is 0.600. The highest BCUT2D eigenvalue weighted by molar-refractivity contribution is 5.37. The van der Waals surface area contributed by atoms with E-state index in [2.05, 4.69) is 38.0 Å². The first-order chi connectivity index (χ1) is 8.41. The third kappa shape index (κ3) is 4.31. The SMILES string of the molecule is Cc1ccc(O)c(C(C)NCCN(C)C(C)C)c1. The number of aromatic hydroxyl groups is 1. The number of nitrogens with one attached hydrogen (secondary N) is 1. The van der Waals surface area contributed by atoms with Crippen LogP contribution in [0.4, 0.5) is 0 Å². The number of likely N-dealkylation sites (N-methyl/N-ethyl adjacent to an activating group) is 1. The summed E-state index contributed by atoms with van der Waals surface area (Å²) in [5.74, 6) is 0.373. The van der Waals surface area contributed by atoms with Gasteiger partial charge < -0.3 is 15.3 Å². The van der Waals surface area contributed by atoms with E-state index in [0.717, 1.165) is 18.7 Å². The van der Waals surface area contributed by atoms with Crippen molar-refractivity contribution >= 4 is 0 Å². The van der Waals surface area contributed by atoms with E-state index < -0.39 is 0 Å². The molecule has 18 heavy (non-hydrogen) atoms. The summed E-state index contributed by atoms with van der Waals surface area (Å²) in [5, 5.41) is 13.3. The number of rotatable bonds is 6. The van der Waals surface area contributed by atoms with E-state index >= 15 is 0 Å². The molecule has 1 atom stereocenters. The van der Waals surface area contributed by atoms with Crippen LogP contribution in [0.2, 0.25) is 0 Å². The summed E-state index contributed by atoms with van der Waals surface area (Å²) in [6.07, 6.45) is 0. The van der Waals surface area contributed by atoms with Gasteiger partial charge in [0.05, 0.1) is 0 Å². The van der Waals surface area contributed by atoms with Crippen LogP contribution < -0.4 is 5.32 Å². The molecule has 1 rings (SSSR count). The molecule has 1 aromatic rings. The van der Waals surface area contributed by atoms with Crippen LogP contribution in [0.5, 0.6) is 5.75 Å². The van der Waals surface area contributed by atoms with Crippen LogP contribution in [0.3, 0.4) is 0 Å². The molecule has 1 unspecified atom stereocenters. The molecule has 0 heterocycles. The average molecular weight is 250 g/mol. The minimum absolute atomic E-state index is 0.172. The highest BCUT2D eigenvalue weighted by Crippen LogP contribution is 2.24. The van der Waals surface area contributed by atoms with E-state index in [-0.39, 0.29) is 6.04 Å². The summed E-state index contributed by atoms with van der Waals surface area (Å²) in [6.45, 7) is 10.4. The Hall–Kier alpha value is -1.06. The summed E-state index contributed by atoms with van der Waals surface area (Å²) >= 11 is 0. The second-order valence-electron chi connectivity index (χ2n) is 5.31. The lowest BCUT2D eigenvalue weighted by molar-refractivity contribution is 0.269. The van der Waals surface area contributed by atoms with Crippen LogP contribution in [0.25, 0.3) is 0 Å². The number of phenolic OH excluding ortho intramolecular Hbond substituents is 1. The topological polar surface area (TPSA) is 35.5 Å². The molecule has 2 N–H and O–H groups in total. The summed E-state index contributed by atoms with van der Waals surface area (Å²) < 4.78 is 0. The quantitative estimate of drug-likeness (QED) is 0.815. The van der Waals surface area contributed by atoms with E-state index in [0.29, 0.717) is 11.8 Å². The van der Waals surface area contributed by atoms with Crippen LogP contribution in [-0.4, -0.2) is 36.2 Å². The molecule has 0 aromatic heterocycles. The predicted molar refractivity (Wildman–Crippen MR) is 77.0 cm³/mol. The first kappa shape index (κ1) is 15.0. The van der Waals surface area contributed by atoms with Crippen molar-refractivity contribution in [3.63, 3.8) is 0 Å². The van der Waals surface area contributed by atoms with Crippen molar-refractivity contribution in [3.05, 3.63) is 29.3 Å². The maximum absolute atomic E-state index is 9.85. The zero-order valence-corrected chi connectivity index (χ0v) is 12.2. The number of hydrogen-bond donors (Lipinski definition) is 2. The van der Waals surface area contributed by atoms with E-state index in [9.17, 15) is 5.11 Å². The molecule has 0 spiro atoms. The van der Waals surface area contributed by atoms with Crippen LogP contribution in [0.15, 0.2) is 18.2 Å². The number of hydrogen-bond acceptors (Lipinski definition) is 3. The molecule has 0 fully saturated rings. The zero-order valence-electron chi connectivity index (χ0n) is 12.2. The maximum Gasteiger partial charge on any atom is 0.120 e. The Morgan fingerprint density at radius 3 is 2.56 bits per heavy atom. The van der Waals surface area contributed by atoms with Crippen molar-refractivity contribution < 1.29 is 5.11 Å². The van der Waals surface area contributed by atoms with Gasteiger partial charge in [-0.2, -0.15) is 0 Å². The monoisotopic (exact) mass is 250 g/mol. The Labute approximate surface area is 111 Å². The van der Waals surface area contributed by atoms with Gasteiger partial charge in [0.1, 0.15) is 5.75 Å². The van der Waals surface area contributed by atoms with Gasteiger partial charge in [-0.3, -0.25) is 0 Å². The van der Waals surface area contributed by atoms with E-state index in [1.165, 1.54) is 5.56 Å². The molecule has 3 nitrogen and oxygen atoms in total. The highest BCUT2D eigenvalue weighted by Gasteiger charge is 2.10. The maximum atomic E-state index is 9.85. The van der Waals surface area contributed by atoms with Gasteiger partial charge in [-0.1, -0.05) is 17.7 Å². The Balaban J connectivity index is 2.50. The lowest BCUT2D eigenvalue weighted by Gasteiger charge is -2.23. The van der Waals surface area contributed by atoms with Crippen molar-refractivity contribution in [2.75, 3.05) is 20.1 Å². The fourth-order valence-electron chi connectivity index (χ4n) is 1.85. The highest BCUT2D eigenvalue weighted by atomic mass is 16.3. The van der Waals surface area contributed by atoms with Gasteiger partial charge in [0.25, 0.3) is 0 Å². The van der Waals surface area contributed by atoms with Crippen LogP contribution >= 0.6 is 0 Å². The fourth-order valence-corrected chi connectivity index (χ4v) is 1.85. The van der Waals surface area contributed by atoms with Crippen molar-refractivity contribution in [2.45, 2.75) is 39.8 Å². The molecule has 102 valence electrons. The molecule has 0 saturated carbocycles. The van der Waals surface area contributed by atoms with E-state index in [1.807, 2.05) is 19.1 Å². The van der Waals surface area contributed by atoms with Gasteiger partial charge >= 0.3 is 0 Å². The van der Waals surface area contributed by atoms with Crippen molar-refractivity contribution in [1.82, 2.24) is 10.2 Å². The van der Waals surface area contributed by atoms with Gasteiger partial charge in [0.15, 0.2) is 0 Å². The lowest BCUT2D eigenvalue weighted by atomic mass is 10.0.